The first kappa shape index (κ1) is 11.8. The fourth-order valence-corrected chi connectivity index (χ4v) is 1.81. The number of phenols is 1. The summed E-state index contributed by atoms with van der Waals surface area (Å²) in [5.41, 5.74) is 0. The van der Waals surface area contributed by atoms with Gasteiger partial charge in [0.1, 0.15) is 11.5 Å². The van der Waals surface area contributed by atoms with Gasteiger partial charge >= 0.3 is 5.97 Å². The van der Waals surface area contributed by atoms with Crippen molar-refractivity contribution in [3.63, 3.8) is 0 Å². The Morgan fingerprint density at radius 1 is 1.36 bits per heavy atom. The van der Waals surface area contributed by atoms with Crippen molar-refractivity contribution in [1.82, 2.24) is 0 Å². The van der Waals surface area contributed by atoms with E-state index in [0.717, 1.165) is 0 Å². The molecule has 1 rings (SSSR count). The molecule has 0 bridgehead atoms. The van der Waals surface area contributed by atoms with Gasteiger partial charge in [0.2, 0.25) is 0 Å². The first-order chi connectivity index (χ1) is 6.50. The van der Waals surface area contributed by atoms with Gasteiger partial charge in [-0.2, -0.15) is 0 Å². The summed E-state index contributed by atoms with van der Waals surface area (Å²) in [4.78, 5) is 10.3. The van der Waals surface area contributed by atoms with E-state index >= 15 is 0 Å². The van der Waals surface area contributed by atoms with Gasteiger partial charge in [-0.25, -0.2) is 4.79 Å². The number of aromatic hydroxyl groups is 1. The van der Waals surface area contributed by atoms with Crippen LogP contribution in [0, 0.1) is 7.14 Å². The van der Waals surface area contributed by atoms with Crippen LogP contribution in [0.4, 0.5) is 0 Å². The van der Waals surface area contributed by atoms with Crippen LogP contribution in [0.3, 0.4) is 0 Å². The van der Waals surface area contributed by atoms with E-state index in [9.17, 15) is 9.90 Å². The highest BCUT2D eigenvalue weighted by molar-refractivity contribution is 14.1. The van der Waals surface area contributed by atoms with Crippen LogP contribution in [0.5, 0.6) is 11.5 Å². The van der Waals surface area contributed by atoms with Crippen LogP contribution < -0.4 is 4.74 Å². The fourth-order valence-electron chi connectivity index (χ4n) is 0.768. The van der Waals surface area contributed by atoms with E-state index in [2.05, 4.69) is 0 Å². The lowest BCUT2D eigenvalue weighted by atomic mass is 10.3. The van der Waals surface area contributed by atoms with Crippen molar-refractivity contribution < 1.29 is 19.7 Å². The normalized spacial score (nSPS) is 9.86. The Morgan fingerprint density at radius 3 is 2.57 bits per heavy atom. The number of carbonyl (C=O) groups is 1. The number of halogens is 2. The standard InChI is InChI=1S/C8H6I2O4/c9-4-2-7(14-3-8(12)13)5(10)1-6(4)11/h1-2,11H,3H2,(H,12,13). The molecule has 0 aliphatic rings. The summed E-state index contributed by atoms with van der Waals surface area (Å²) in [7, 11) is 0. The zero-order valence-electron chi connectivity index (χ0n) is 6.83. The number of ether oxygens (including phenoxy) is 1. The molecule has 0 aliphatic carbocycles. The predicted octanol–water partition coefficient (Wildman–Crippen LogP) is 2.06. The van der Waals surface area contributed by atoms with E-state index in [1.54, 1.807) is 6.07 Å². The van der Waals surface area contributed by atoms with Crippen molar-refractivity contribution in [3.8, 4) is 11.5 Å². The number of carboxylic acids is 1. The van der Waals surface area contributed by atoms with Gasteiger partial charge in [-0.3, -0.25) is 0 Å². The highest BCUT2D eigenvalue weighted by Gasteiger charge is 2.08. The number of hydrogen-bond donors (Lipinski definition) is 2. The average molecular weight is 420 g/mol. The number of hydrogen-bond acceptors (Lipinski definition) is 3. The fraction of sp³-hybridized carbons (Fsp3) is 0.125. The third-order valence-electron chi connectivity index (χ3n) is 1.35. The zero-order valence-corrected chi connectivity index (χ0v) is 11.1. The molecule has 0 fully saturated rings. The maximum Gasteiger partial charge on any atom is 0.341 e. The van der Waals surface area contributed by atoms with E-state index in [1.165, 1.54) is 6.07 Å². The van der Waals surface area contributed by atoms with E-state index in [4.69, 9.17) is 9.84 Å². The second-order valence-electron chi connectivity index (χ2n) is 2.42. The number of carboxylic acid groups (broad SMARTS) is 1. The topological polar surface area (TPSA) is 66.8 Å². The summed E-state index contributed by atoms with van der Waals surface area (Å²) in [6.07, 6.45) is 0. The van der Waals surface area contributed by atoms with Gasteiger partial charge in [0.15, 0.2) is 6.61 Å². The molecule has 0 radical (unpaired) electrons. The lowest BCUT2D eigenvalue weighted by molar-refractivity contribution is -0.139. The zero-order chi connectivity index (χ0) is 10.7. The Hall–Kier alpha value is -0.250. The molecule has 0 aromatic heterocycles. The highest BCUT2D eigenvalue weighted by atomic mass is 127. The molecule has 0 saturated carbocycles. The van der Waals surface area contributed by atoms with Crippen molar-refractivity contribution in [3.05, 3.63) is 19.3 Å². The van der Waals surface area contributed by atoms with Gasteiger partial charge in [-0.1, -0.05) is 0 Å². The summed E-state index contributed by atoms with van der Waals surface area (Å²) in [5, 5.41) is 17.7. The lowest BCUT2D eigenvalue weighted by Crippen LogP contribution is -2.10. The van der Waals surface area contributed by atoms with E-state index in [-0.39, 0.29) is 12.4 Å². The Morgan fingerprint density at radius 2 is 2.00 bits per heavy atom. The Labute approximate surface area is 108 Å². The quantitative estimate of drug-likeness (QED) is 0.736. The maximum atomic E-state index is 10.3. The molecule has 2 N–H and O–H groups in total. The summed E-state index contributed by atoms with van der Waals surface area (Å²) >= 11 is 3.91. The highest BCUT2D eigenvalue weighted by Crippen LogP contribution is 2.30. The molecule has 1 aromatic carbocycles. The first-order valence-corrected chi connectivity index (χ1v) is 5.69. The van der Waals surface area contributed by atoms with Gasteiger partial charge in [0.25, 0.3) is 0 Å². The minimum atomic E-state index is -1.02. The van der Waals surface area contributed by atoms with Crippen LogP contribution in [0.2, 0.25) is 0 Å². The number of benzene rings is 1. The Balaban J connectivity index is 2.87. The number of rotatable bonds is 3. The van der Waals surface area contributed by atoms with Gasteiger partial charge < -0.3 is 14.9 Å². The largest absolute Gasteiger partial charge is 0.507 e. The molecule has 76 valence electrons. The minimum Gasteiger partial charge on any atom is -0.507 e. The second kappa shape index (κ2) is 5.01. The van der Waals surface area contributed by atoms with Crippen LogP contribution in [0.1, 0.15) is 0 Å². The van der Waals surface area contributed by atoms with Crippen molar-refractivity contribution in [2.75, 3.05) is 6.61 Å². The molecular weight excluding hydrogens is 414 g/mol. The molecule has 1 aromatic rings. The first-order valence-electron chi connectivity index (χ1n) is 3.53. The Kier molecular flexibility index (Phi) is 4.23. The third kappa shape index (κ3) is 3.15. The number of phenolic OH excluding ortho intramolecular Hbond substituents is 1. The molecule has 0 atom stereocenters. The molecule has 6 heteroatoms. The van der Waals surface area contributed by atoms with Crippen molar-refractivity contribution >= 4 is 51.2 Å². The molecule has 0 saturated heterocycles. The molecule has 0 unspecified atom stereocenters. The van der Waals surface area contributed by atoms with E-state index in [0.29, 0.717) is 12.9 Å². The summed E-state index contributed by atoms with van der Waals surface area (Å²) in [6, 6.07) is 3.13. The number of aliphatic carboxylic acids is 1. The monoisotopic (exact) mass is 420 g/mol. The van der Waals surface area contributed by atoms with Gasteiger partial charge in [0.05, 0.1) is 7.14 Å². The van der Waals surface area contributed by atoms with Crippen LogP contribution in [0.15, 0.2) is 12.1 Å². The van der Waals surface area contributed by atoms with Crippen molar-refractivity contribution in [2.24, 2.45) is 0 Å². The van der Waals surface area contributed by atoms with Gasteiger partial charge in [-0.05, 0) is 57.3 Å². The van der Waals surface area contributed by atoms with Crippen LogP contribution in [0.25, 0.3) is 0 Å². The van der Waals surface area contributed by atoms with Crippen molar-refractivity contribution in [1.29, 1.82) is 0 Å². The smallest absolute Gasteiger partial charge is 0.341 e. The summed E-state index contributed by atoms with van der Waals surface area (Å²) in [5.74, 6) is -0.392. The van der Waals surface area contributed by atoms with E-state index in [1.807, 2.05) is 45.2 Å². The Bertz CT molecular complexity index is 365. The third-order valence-corrected chi connectivity index (χ3v) is 3.06. The second-order valence-corrected chi connectivity index (χ2v) is 4.74. The molecule has 14 heavy (non-hydrogen) atoms. The predicted molar refractivity (Wildman–Crippen MR) is 66.7 cm³/mol. The molecule has 0 amide bonds. The van der Waals surface area contributed by atoms with Crippen molar-refractivity contribution in [2.45, 2.75) is 0 Å². The van der Waals surface area contributed by atoms with Crippen LogP contribution >= 0.6 is 45.2 Å². The molecule has 4 nitrogen and oxygen atoms in total. The molecular formula is C8H6I2O4. The van der Waals surface area contributed by atoms with Crippen LogP contribution in [-0.2, 0) is 4.79 Å². The molecule has 0 heterocycles. The summed E-state index contributed by atoms with van der Waals surface area (Å²) < 4.78 is 6.32. The van der Waals surface area contributed by atoms with E-state index < -0.39 is 5.97 Å². The van der Waals surface area contributed by atoms with Crippen LogP contribution in [-0.4, -0.2) is 22.8 Å². The molecule has 0 spiro atoms. The minimum absolute atomic E-state index is 0.165. The SMILES string of the molecule is O=C(O)COc1cc(I)c(O)cc1I. The lowest BCUT2D eigenvalue weighted by Gasteiger charge is -2.07. The average Bonchev–Trinajstić information content (AvgIpc) is 2.09. The molecule has 0 aliphatic heterocycles. The summed E-state index contributed by atoms with van der Waals surface area (Å²) in [6.45, 7) is -0.378. The van der Waals surface area contributed by atoms with Gasteiger partial charge in [-0.15, -0.1) is 0 Å². The maximum absolute atomic E-state index is 10.3. The van der Waals surface area contributed by atoms with Gasteiger partial charge in [0, 0.05) is 0 Å².